The van der Waals surface area contributed by atoms with Crippen LogP contribution in [0.15, 0.2) is 55.3 Å². The molecular formula is C20H22N2O3. The molecule has 1 amide bonds. The number of ether oxygens (including phenoxy) is 2. The van der Waals surface area contributed by atoms with Gasteiger partial charge in [0.25, 0.3) is 0 Å². The number of likely N-dealkylation sites (tertiary alicyclic amines) is 1. The number of nitrogens with zero attached hydrogens (tertiary/aromatic N) is 2. The number of pyridine rings is 1. The fraction of sp³-hybridized carbons (Fsp3) is 0.300. The van der Waals surface area contributed by atoms with Gasteiger partial charge in [-0.15, -0.1) is 0 Å². The topological polar surface area (TPSA) is 51.7 Å². The quantitative estimate of drug-likeness (QED) is 0.785. The summed E-state index contributed by atoms with van der Waals surface area (Å²) in [4.78, 5) is 17.7. The Morgan fingerprint density at radius 2 is 2.08 bits per heavy atom. The number of piperidine rings is 1. The highest BCUT2D eigenvalue weighted by molar-refractivity contribution is 5.87. The summed E-state index contributed by atoms with van der Waals surface area (Å²) in [5.74, 6) is 1.40. The Morgan fingerprint density at radius 1 is 1.28 bits per heavy atom. The van der Waals surface area contributed by atoms with E-state index in [4.69, 9.17) is 9.47 Å². The molecule has 1 aliphatic rings. The molecule has 5 heteroatoms. The Morgan fingerprint density at radius 3 is 2.80 bits per heavy atom. The monoisotopic (exact) mass is 338 g/mol. The minimum Gasteiger partial charge on any atom is -0.490 e. The molecule has 0 spiro atoms. The first-order valence-corrected chi connectivity index (χ1v) is 8.38. The van der Waals surface area contributed by atoms with Gasteiger partial charge in [-0.25, -0.2) is 4.98 Å². The summed E-state index contributed by atoms with van der Waals surface area (Å²) in [7, 11) is 1.62. The van der Waals surface area contributed by atoms with Gasteiger partial charge in [0.1, 0.15) is 11.9 Å². The molecule has 1 aromatic carbocycles. The molecule has 2 heterocycles. The second-order valence-corrected chi connectivity index (χ2v) is 5.93. The van der Waals surface area contributed by atoms with Crippen molar-refractivity contribution in [2.75, 3.05) is 20.2 Å². The van der Waals surface area contributed by atoms with Gasteiger partial charge in [-0.2, -0.15) is 0 Å². The van der Waals surface area contributed by atoms with Gasteiger partial charge in [0.2, 0.25) is 11.8 Å². The van der Waals surface area contributed by atoms with E-state index < -0.39 is 0 Å². The summed E-state index contributed by atoms with van der Waals surface area (Å²) >= 11 is 0. The molecule has 1 fully saturated rings. The predicted molar refractivity (Wildman–Crippen MR) is 96.7 cm³/mol. The molecule has 0 radical (unpaired) electrons. The number of hydrogen-bond acceptors (Lipinski definition) is 4. The zero-order valence-electron chi connectivity index (χ0n) is 14.4. The first-order valence-electron chi connectivity index (χ1n) is 8.38. The molecule has 0 unspecified atom stereocenters. The Labute approximate surface area is 147 Å². The molecule has 1 saturated heterocycles. The summed E-state index contributed by atoms with van der Waals surface area (Å²) in [5, 5.41) is 0. The molecule has 2 aromatic rings. The molecule has 130 valence electrons. The standard InChI is InChI=1S/C20H22N2O3/c1-3-19(23)22-12-9-16(10-13-22)25-17-7-4-6-15(14-17)18-8-5-11-21-20(18)24-2/h3-8,11,14,16H,1,9-10,12-13H2,2H3. The second-order valence-electron chi connectivity index (χ2n) is 5.93. The summed E-state index contributed by atoms with van der Waals surface area (Å²) in [5.41, 5.74) is 1.93. The van der Waals surface area contributed by atoms with Crippen LogP contribution in [-0.4, -0.2) is 42.1 Å². The summed E-state index contributed by atoms with van der Waals surface area (Å²) in [6.07, 6.45) is 4.83. The maximum absolute atomic E-state index is 11.6. The molecule has 0 N–H and O–H groups in total. The van der Waals surface area contributed by atoms with Crippen LogP contribution in [0.2, 0.25) is 0 Å². The summed E-state index contributed by atoms with van der Waals surface area (Å²) in [6, 6.07) is 11.8. The highest BCUT2D eigenvalue weighted by Gasteiger charge is 2.22. The Kier molecular flexibility index (Phi) is 5.33. The Hall–Kier alpha value is -2.82. The lowest BCUT2D eigenvalue weighted by atomic mass is 10.1. The van der Waals surface area contributed by atoms with Crippen LogP contribution in [0.4, 0.5) is 0 Å². The van der Waals surface area contributed by atoms with E-state index in [1.165, 1.54) is 6.08 Å². The fourth-order valence-electron chi connectivity index (χ4n) is 3.03. The van der Waals surface area contributed by atoms with E-state index in [2.05, 4.69) is 11.6 Å². The lowest BCUT2D eigenvalue weighted by Gasteiger charge is -2.31. The molecule has 25 heavy (non-hydrogen) atoms. The van der Waals surface area contributed by atoms with Gasteiger partial charge < -0.3 is 14.4 Å². The van der Waals surface area contributed by atoms with Crippen molar-refractivity contribution in [3.8, 4) is 22.8 Å². The summed E-state index contributed by atoms with van der Waals surface area (Å²) in [6.45, 7) is 4.94. The van der Waals surface area contributed by atoms with Crippen LogP contribution in [0.3, 0.4) is 0 Å². The number of carbonyl (C=O) groups excluding carboxylic acids is 1. The van der Waals surface area contributed by atoms with Crippen molar-refractivity contribution in [1.82, 2.24) is 9.88 Å². The van der Waals surface area contributed by atoms with Crippen LogP contribution in [0.5, 0.6) is 11.6 Å². The van der Waals surface area contributed by atoms with Gasteiger partial charge in [-0.05, 0) is 35.9 Å². The zero-order chi connectivity index (χ0) is 17.6. The molecule has 1 aromatic heterocycles. The van der Waals surface area contributed by atoms with Crippen molar-refractivity contribution in [3.05, 3.63) is 55.3 Å². The van der Waals surface area contributed by atoms with Crippen molar-refractivity contribution >= 4 is 5.91 Å². The molecule has 3 rings (SSSR count). The second kappa shape index (κ2) is 7.83. The number of hydrogen-bond donors (Lipinski definition) is 0. The van der Waals surface area contributed by atoms with E-state index >= 15 is 0 Å². The minimum absolute atomic E-state index is 0.0101. The number of rotatable bonds is 5. The Bertz CT molecular complexity index is 752. The van der Waals surface area contributed by atoms with Gasteiger partial charge in [0, 0.05) is 37.7 Å². The van der Waals surface area contributed by atoms with Gasteiger partial charge in [0.15, 0.2) is 0 Å². The Balaban J connectivity index is 1.69. The van der Waals surface area contributed by atoms with Gasteiger partial charge >= 0.3 is 0 Å². The summed E-state index contributed by atoms with van der Waals surface area (Å²) < 4.78 is 11.5. The SMILES string of the molecule is C=CC(=O)N1CCC(Oc2cccc(-c3cccnc3OC)c2)CC1. The van der Waals surface area contributed by atoms with E-state index in [0.29, 0.717) is 19.0 Å². The lowest BCUT2D eigenvalue weighted by molar-refractivity contribution is -0.127. The van der Waals surface area contributed by atoms with Gasteiger partial charge in [-0.1, -0.05) is 18.7 Å². The van der Waals surface area contributed by atoms with Crippen LogP contribution in [-0.2, 0) is 4.79 Å². The van der Waals surface area contributed by atoms with Crippen molar-refractivity contribution in [2.24, 2.45) is 0 Å². The number of amides is 1. The average molecular weight is 338 g/mol. The third-order valence-electron chi connectivity index (χ3n) is 4.34. The zero-order valence-corrected chi connectivity index (χ0v) is 14.4. The first-order chi connectivity index (χ1) is 12.2. The third-order valence-corrected chi connectivity index (χ3v) is 4.34. The van der Waals surface area contributed by atoms with Gasteiger partial charge in [-0.3, -0.25) is 4.79 Å². The number of benzene rings is 1. The minimum atomic E-state index is -0.0101. The normalized spacial score (nSPS) is 14.8. The number of aromatic nitrogens is 1. The van der Waals surface area contributed by atoms with E-state index in [0.717, 1.165) is 29.7 Å². The smallest absolute Gasteiger partial charge is 0.245 e. The van der Waals surface area contributed by atoms with Crippen molar-refractivity contribution < 1.29 is 14.3 Å². The van der Waals surface area contributed by atoms with Crippen LogP contribution < -0.4 is 9.47 Å². The van der Waals surface area contributed by atoms with Crippen molar-refractivity contribution in [1.29, 1.82) is 0 Å². The van der Waals surface area contributed by atoms with Crippen molar-refractivity contribution in [3.63, 3.8) is 0 Å². The van der Waals surface area contributed by atoms with E-state index in [-0.39, 0.29) is 12.0 Å². The van der Waals surface area contributed by atoms with Crippen LogP contribution >= 0.6 is 0 Å². The molecule has 0 aliphatic carbocycles. The van der Waals surface area contributed by atoms with Crippen LogP contribution in [0.25, 0.3) is 11.1 Å². The molecular weight excluding hydrogens is 316 g/mol. The maximum atomic E-state index is 11.6. The largest absolute Gasteiger partial charge is 0.490 e. The number of methoxy groups -OCH3 is 1. The van der Waals surface area contributed by atoms with E-state index in [1.54, 1.807) is 13.3 Å². The molecule has 5 nitrogen and oxygen atoms in total. The first kappa shape index (κ1) is 17.0. The highest BCUT2D eigenvalue weighted by atomic mass is 16.5. The maximum Gasteiger partial charge on any atom is 0.245 e. The average Bonchev–Trinajstić information content (AvgIpc) is 2.68. The molecule has 0 saturated carbocycles. The number of carbonyl (C=O) groups is 1. The highest BCUT2D eigenvalue weighted by Crippen LogP contribution is 2.30. The van der Waals surface area contributed by atoms with E-state index in [9.17, 15) is 4.79 Å². The molecule has 1 aliphatic heterocycles. The van der Waals surface area contributed by atoms with E-state index in [1.807, 2.05) is 41.3 Å². The van der Waals surface area contributed by atoms with Crippen molar-refractivity contribution in [2.45, 2.75) is 18.9 Å². The predicted octanol–water partition coefficient (Wildman–Crippen LogP) is 3.31. The lowest BCUT2D eigenvalue weighted by Crippen LogP contribution is -2.41. The molecule has 0 atom stereocenters. The van der Waals surface area contributed by atoms with Gasteiger partial charge in [0.05, 0.1) is 7.11 Å². The fourth-order valence-corrected chi connectivity index (χ4v) is 3.03. The molecule has 0 bridgehead atoms. The van der Waals surface area contributed by atoms with Crippen LogP contribution in [0, 0.1) is 0 Å². The third kappa shape index (κ3) is 3.99. The van der Waals surface area contributed by atoms with Crippen LogP contribution in [0.1, 0.15) is 12.8 Å².